The molecular weight excluding hydrogens is 462 g/mol. The summed E-state index contributed by atoms with van der Waals surface area (Å²) in [4.78, 5) is 12.4. The van der Waals surface area contributed by atoms with E-state index in [9.17, 15) is 13.2 Å². The van der Waals surface area contributed by atoms with E-state index in [-0.39, 0.29) is 4.90 Å². The molecule has 194 valence electrons. The Kier molecular flexibility index (Phi) is 12.7. The molecule has 35 heavy (non-hydrogen) atoms. The lowest BCUT2D eigenvalue weighted by molar-refractivity contribution is -0.149. The number of rotatable bonds is 17. The standard InChI is InChI=1S/C28H41NO5S/c1-4-5-6-7-8-9-10-11-12-13-17-27(28(30)33-3)34-25-20-18-24(19-21-25)29-35(31,32)26-16-14-15-23(2)22-26/h14-16,18-22,27,29H,4-13,17H2,1-3H3. The minimum absolute atomic E-state index is 0.208. The molecular formula is C28H41NO5S. The van der Waals surface area contributed by atoms with Crippen molar-refractivity contribution < 1.29 is 22.7 Å². The van der Waals surface area contributed by atoms with Crippen molar-refractivity contribution in [2.24, 2.45) is 0 Å². The van der Waals surface area contributed by atoms with Crippen LogP contribution in [0.4, 0.5) is 5.69 Å². The Bertz CT molecular complexity index is 989. The highest BCUT2D eigenvalue weighted by Gasteiger charge is 2.21. The van der Waals surface area contributed by atoms with Gasteiger partial charge in [-0.15, -0.1) is 0 Å². The number of carbonyl (C=O) groups is 1. The van der Waals surface area contributed by atoms with E-state index >= 15 is 0 Å². The Morgan fingerprint density at radius 3 is 2.06 bits per heavy atom. The molecule has 1 atom stereocenters. The summed E-state index contributed by atoms with van der Waals surface area (Å²) in [6.45, 7) is 4.08. The van der Waals surface area contributed by atoms with Crippen molar-refractivity contribution in [1.82, 2.24) is 0 Å². The number of nitrogens with one attached hydrogen (secondary N) is 1. The number of aryl methyl sites for hydroxylation is 1. The molecule has 0 aromatic heterocycles. The number of unbranched alkanes of at least 4 members (excludes halogenated alkanes) is 9. The fraction of sp³-hybridized carbons (Fsp3) is 0.536. The predicted molar refractivity (Wildman–Crippen MR) is 141 cm³/mol. The fourth-order valence-electron chi connectivity index (χ4n) is 3.94. The first-order valence-corrected chi connectivity index (χ1v) is 14.3. The zero-order chi connectivity index (χ0) is 25.5. The Labute approximate surface area is 211 Å². The van der Waals surface area contributed by atoms with Crippen molar-refractivity contribution >= 4 is 21.7 Å². The number of anilines is 1. The molecule has 0 saturated carbocycles. The normalized spacial score (nSPS) is 12.2. The van der Waals surface area contributed by atoms with Gasteiger partial charge in [-0.1, -0.05) is 76.8 Å². The maximum absolute atomic E-state index is 12.6. The highest BCUT2D eigenvalue weighted by Crippen LogP contribution is 2.22. The third-order valence-corrected chi connectivity index (χ3v) is 7.35. The van der Waals surface area contributed by atoms with Gasteiger partial charge in [0.1, 0.15) is 5.75 Å². The molecule has 0 radical (unpaired) electrons. The van der Waals surface area contributed by atoms with Crippen LogP contribution in [-0.2, 0) is 19.6 Å². The largest absolute Gasteiger partial charge is 0.479 e. The summed E-state index contributed by atoms with van der Waals surface area (Å²) in [6, 6.07) is 13.3. The fourth-order valence-corrected chi connectivity index (χ4v) is 5.10. The first-order chi connectivity index (χ1) is 16.9. The van der Waals surface area contributed by atoms with Crippen LogP contribution in [0.15, 0.2) is 53.4 Å². The van der Waals surface area contributed by atoms with Crippen molar-refractivity contribution in [2.45, 2.75) is 95.5 Å². The molecule has 2 aromatic carbocycles. The van der Waals surface area contributed by atoms with Crippen LogP contribution in [0.25, 0.3) is 0 Å². The molecule has 1 N–H and O–H groups in total. The van der Waals surface area contributed by atoms with Crippen molar-refractivity contribution in [3.8, 4) is 5.75 Å². The van der Waals surface area contributed by atoms with Crippen molar-refractivity contribution in [3.05, 3.63) is 54.1 Å². The van der Waals surface area contributed by atoms with Crippen LogP contribution >= 0.6 is 0 Å². The average Bonchev–Trinajstić information content (AvgIpc) is 2.85. The van der Waals surface area contributed by atoms with E-state index in [4.69, 9.17) is 9.47 Å². The zero-order valence-corrected chi connectivity index (χ0v) is 22.2. The minimum atomic E-state index is -3.68. The third-order valence-electron chi connectivity index (χ3n) is 5.97. The summed E-state index contributed by atoms with van der Waals surface area (Å²) >= 11 is 0. The van der Waals surface area contributed by atoms with E-state index in [1.807, 2.05) is 13.0 Å². The highest BCUT2D eigenvalue weighted by molar-refractivity contribution is 7.92. The SMILES string of the molecule is CCCCCCCCCCCCC(Oc1ccc(NS(=O)(=O)c2cccc(C)c2)cc1)C(=O)OC. The Morgan fingerprint density at radius 1 is 0.886 bits per heavy atom. The van der Waals surface area contributed by atoms with E-state index in [1.165, 1.54) is 52.1 Å². The van der Waals surface area contributed by atoms with Crippen LogP contribution in [0.2, 0.25) is 0 Å². The molecule has 0 aliphatic carbocycles. The lowest BCUT2D eigenvalue weighted by Crippen LogP contribution is -2.28. The molecule has 0 saturated heterocycles. The van der Waals surface area contributed by atoms with Crippen LogP contribution in [0, 0.1) is 6.92 Å². The van der Waals surface area contributed by atoms with E-state index in [0.717, 1.165) is 24.8 Å². The molecule has 0 aliphatic heterocycles. The molecule has 6 nitrogen and oxygen atoms in total. The summed E-state index contributed by atoms with van der Waals surface area (Å²) in [5.74, 6) is 0.0936. The van der Waals surface area contributed by atoms with Gasteiger partial charge in [-0.05, 0) is 61.7 Å². The van der Waals surface area contributed by atoms with Gasteiger partial charge in [0.15, 0.2) is 6.10 Å². The topological polar surface area (TPSA) is 81.7 Å². The molecule has 0 spiro atoms. The van der Waals surface area contributed by atoms with Crippen molar-refractivity contribution in [3.63, 3.8) is 0 Å². The second-order valence-electron chi connectivity index (χ2n) is 9.05. The number of carbonyl (C=O) groups excluding carboxylic acids is 1. The number of ether oxygens (including phenoxy) is 2. The first kappa shape index (κ1) is 28.7. The lowest BCUT2D eigenvalue weighted by Gasteiger charge is -2.17. The van der Waals surface area contributed by atoms with Gasteiger partial charge in [0.2, 0.25) is 0 Å². The summed E-state index contributed by atoms with van der Waals surface area (Å²) in [5, 5.41) is 0. The van der Waals surface area contributed by atoms with Gasteiger partial charge in [0.05, 0.1) is 12.0 Å². The van der Waals surface area contributed by atoms with Gasteiger partial charge < -0.3 is 9.47 Å². The molecule has 0 heterocycles. The Balaban J connectivity index is 1.81. The highest BCUT2D eigenvalue weighted by atomic mass is 32.2. The molecule has 0 fully saturated rings. The van der Waals surface area contributed by atoms with E-state index in [2.05, 4.69) is 11.6 Å². The van der Waals surface area contributed by atoms with E-state index in [1.54, 1.807) is 42.5 Å². The quantitative estimate of drug-likeness (QED) is 0.185. The van der Waals surface area contributed by atoms with Crippen molar-refractivity contribution in [2.75, 3.05) is 11.8 Å². The van der Waals surface area contributed by atoms with Gasteiger partial charge in [0.25, 0.3) is 10.0 Å². The Hall–Kier alpha value is -2.54. The van der Waals surface area contributed by atoms with Gasteiger partial charge in [-0.25, -0.2) is 13.2 Å². The lowest BCUT2D eigenvalue weighted by atomic mass is 10.0. The van der Waals surface area contributed by atoms with Crippen LogP contribution in [0.3, 0.4) is 0 Å². The van der Waals surface area contributed by atoms with Crippen LogP contribution in [0.5, 0.6) is 5.75 Å². The third kappa shape index (κ3) is 10.7. The molecule has 2 rings (SSSR count). The number of hydrogen-bond donors (Lipinski definition) is 1. The summed E-state index contributed by atoms with van der Waals surface area (Å²) in [7, 11) is -2.32. The molecule has 7 heteroatoms. The number of sulfonamides is 1. The Morgan fingerprint density at radius 2 is 1.49 bits per heavy atom. The molecule has 2 aromatic rings. The molecule has 0 bridgehead atoms. The minimum Gasteiger partial charge on any atom is -0.479 e. The van der Waals surface area contributed by atoms with E-state index < -0.39 is 22.1 Å². The number of esters is 1. The maximum Gasteiger partial charge on any atom is 0.347 e. The van der Waals surface area contributed by atoms with Crippen LogP contribution in [0.1, 0.15) is 83.1 Å². The van der Waals surface area contributed by atoms with Crippen LogP contribution < -0.4 is 9.46 Å². The van der Waals surface area contributed by atoms with E-state index in [0.29, 0.717) is 17.9 Å². The first-order valence-electron chi connectivity index (χ1n) is 12.8. The van der Waals surface area contributed by atoms with Gasteiger partial charge in [0, 0.05) is 5.69 Å². The predicted octanol–water partition coefficient (Wildman–Crippen LogP) is 7.03. The zero-order valence-electron chi connectivity index (χ0n) is 21.4. The smallest absolute Gasteiger partial charge is 0.347 e. The second-order valence-corrected chi connectivity index (χ2v) is 10.7. The second kappa shape index (κ2) is 15.5. The molecule has 0 amide bonds. The summed E-state index contributed by atoms with van der Waals surface area (Å²) < 4.78 is 38.6. The average molecular weight is 504 g/mol. The molecule has 1 unspecified atom stereocenters. The van der Waals surface area contributed by atoms with Crippen LogP contribution in [-0.4, -0.2) is 27.6 Å². The monoisotopic (exact) mass is 503 g/mol. The number of hydrogen-bond acceptors (Lipinski definition) is 5. The maximum atomic E-state index is 12.6. The van der Waals surface area contributed by atoms with Gasteiger partial charge >= 0.3 is 5.97 Å². The summed E-state index contributed by atoms with van der Waals surface area (Å²) in [6.07, 6.45) is 12.1. The molecule has 0 aliphatic rings. The number of benzene rings is 2. The van der Waals surface area contributed by atoms with Gasteiger partial charge in [-0.3, -0.25) is 4.72 Å². The number of methoxy groups -OCH3 is 1. The van der Waals surface area contributed by atoms with Crippen molar-refractivity contribution in [1.29, 1.82) is 0 Å². The van der Waals surface area contributed by atoms with Gasteiger partial charge in [-0.2, -0.15) is 0 Å². The summed E-state index contributed by atoms with van der Waals surface area (Å²) in [5.41, 5.74) is 1.29.